The zero-order chi connectivity index (χ0) is 9.73. The van der Waals surface area contributed by atoms with Crippen LogP contribution in [-0.4, -0.2) is 29.4 Å². The first-order valence-electron chi connectivity index (χ1n) is 4.23. The fourth-order valence-corrected chi connectivity index (χ4v) is 2.21. The number of rotatable bonds is 3. The minimum Gasteiger partial charge on any atom is -0.336 e. The van der Waals surface area contributed by atoms with Gasteiger partial charge in [0.2, 0.25) is 0 Å². The lowest BCUT2D eigenvalue weighted by Crippen LogP contribution is -2.36. The zero-order valence-electron chi connectivity index (χ0n) is 7.60. The van der Waals surface area contributed by atoms with Crippen molar-refractivity contribution < 1.29 is 9.52 Å². The first kappa shape index (κ1) is 11.9. The molecule has 1 atom stereocenters. The van der Waals surface area contributed by atoms with E-state index in [0.717, 1.165) is 25.9 Å². The van der Waals surface area contributed by atoms with E-state index in [1.54, 1.807) is 11.4 Å². The van der Waals surface area contributed by atoms with Crippen molar-refractivity contribution in [2.75, 3.05) is 19.3 Å². The predicted octanol–water partition coefficient (Wildman–Crippen LogP) is 1.49. The zero-order valence-corrected chi connectivity index (χ0v) is 10.1. The van der Waals surface area contributed by atoms with Crippen molar-refractivity contribution in [3.63, 3.8) is 0 Å². The molecule has 0 spiro atoms. The van der Waals surface area contributed by atoms with E-state index in [2.05, 4.69) is 5.43 Å². The van der Waals surface area contributed by atoms with Gasteiger partial charge in [-0.2, -0.15) is 0 Å². The Labute approximate surface area is 87.9 Å². The van der Waals surface area contributed by atoms with Crippen LogP contribution in [0.5, 0.6) is 0 Å². The van der Waals surface area contributed by atoms with Crippen molar-refractivity contribution in [3.05, 3.63) is 0 Å². The SMILES string of the molecule is CSP(O)(=S)ON1CCCCCN1. The molecule has 0 radical (unpaired) electrons. The molecule has 1 heterocycles. The molecule has 4 nitrogen and oxygen atoms in total. The van der Waals surface area contributed by atoms with E-state index in [1.807, 2.05) is 0 Å². The molecule has 0 aromatic rings. The van der Waals surface area contributed by atoms with E-state index in [1.165, 1.54) is 17.8 Å². The van der Waals surface area contributed by atoms with E-state index in [0.29, 0.717) is 0 Å². The van der Waals surface area contributed by atoms with Crippen molar-refractivity contribution in [2.45, 2.75) is 19.3 Å². The minimum atomic E-state index is -2.65. The Morgan fingerprint density at radius 3 is 3.00 bits per heavy atom. The quantitative estimate of drug-likeness (QED) is 0.731. The van der Waals surface area contributed by atoms with Gasteiger partial charge in [0.1, 0.15) is 0 Å². The third kappa shape index (κ3) is 4.74. The second-order valence-corrected chi connectivity index (χ2v) is 9.03. The standard InChI is InChI=1S/C6H15N2O2PS2/c1-13-11(9,12)10-8-6-4-2-3-5-7-8/h7H,2-6H2,1H3,(H,9,12). The van der Waals surface area contributed by atoms with Gasteiger partial charge in [-0.1, -0.05) is 17.8 Å². The Morgan fingerprint density at radius 1 is 1.54 bits per heavy atom. The molecular formula is C6H15N2O2PS2. The molecule has 1 saturated heterocycles. The summed E-state index contributed by atoms with van der Waals surface area (Å²) in [5.74, 6) is 0. The molecule has 0 aliphatic carbocycles. The van der Waals surface area contributed by atoms with Crippen molar-refractivity contribution in [2.24, 2.45) is 0 Å². The van der Waals surface area contributed by atoms with Gasteiger partial charge in [0.25, 0.3) is 5.69 Å². The van der Waals surface area contributed by atoms with E-state index in [-0.39, 0.29) is 0 Å². The van der Waals surface area contributed by atoms with Crippen LogP contribution in [0, 0.1) is 0 Å². The second-order valence-electron chi connectivity index (χ2n) is 2.80. The lowest BCUT2D eigenvalue weighted by Gasteiger charge is -2.23. The molecule has 1 aliphatic heterocycles. The summed E-state index contributed by atoms with van der Waals surface area (Å²) in [5, 5.41) is 1.59. The van der Waals surface area contributed by atoms with Crippen LogP contribution in [0.1, 0.15) is 19.3 Å². The van der Waals surface area contributed by atoms with Gasteiger partial charge >= 0.3 is 0 Å². The molecule has 78 valence electrons. The van der Waals surface area contributed by atoms with Crippen molar-refractivity contribution in [3.8, 4) is 0 Å². The van der Waals surface area contributed by atoms with Crippen LogP contribution in [0.15, 0.2) is 0 Å². The molecular weight excluding hydrogens is 227 g/mol. The van der Waals surface area contributed by atoms with Gasteiger partial charge < -0.3 is 4.89 Å². The molecule has 1 rings (SSSR count). The summed E-state index contributed by atoms with van der Waals surface area (Å²) in [6.45, 7) is 1.68. The molecule has 2 N–H and O–H groups in total. The van der Waals surface area contributed by atoms with E-state index < -0.39 is 5.69 Å². The Morgan fingerprint density at radius 2 is 2.31 bits per heavy atom. The van der Waals surface area contributed by atoms with Crippen LogP contribution in [-0.2, 0) is 16.4 Å². The number of hydroxylamine groups is 1. The van der Waals surface area contributed by atoms with Gasteiger partial charge in [0.15, 0.2) is 0 Å². The molecule has 13 heavy (non-hydrogen) atoms. The molecule has 7 heteroatoms. The number of nitrogens with zero attached hydrogens (tertiary/aromatic N) is 1. The van der Waals surface area contributed by atoms with Crippen molar-refractivity contribution >= 4 is 28.9 Å². The van der Waals surface area contributed by atoms with Crippen molar-refractivity contribution in [1.29, 1.82) is 0 Å². The van der Waals surface area contributed by atoms with E-state index in [4.69, 9.17) is 16.4 Å². The third-order valence-electron chi connectivity index (χ3n) is 1.76. The molecule has 0 bridgehead atoms. The van der Waals surface area contributed by atoms with Crippen molar-refractivity contribution in [1.82, 2.24) is 10.6 Å². The Hall–Kier alpha value is 0.840. The second kappa shape index (κ2) is 5.66. The molecule has 0 saturated carbocycles. The molecule has 0 amide bonds. The summed E-state index contributed by atoms with van der Waals surface area (Å²) < 4.78 is 5.27. The summed E-state index contributed by atoms with van der Waals surface area (Å²) in [5.41, 5.74) is 0.423. The van der Waals surface area contributed by atoms with Gasteiger partial charge in [-0.3, -0.25) is 0 Å². The Kier molecular flexibility index (Phi) is 5.18. The molecule has 1 unspecified atom stereocenters. The van der Waals surface area contributed by atoms with Crippen LogP contribution in [0.4, 0.5) is 0 Å². The summed E-state index contributed by atoms with van der Waals surface area (Å²) in [6, 6.07) is 0. The normalized spacial score (nSPS) is 25.1. The Bertz CT molecular complexity index is 197. The lowest BCUT2D eigenvalue weighted by molar-refractivity contribution is -0.0967. The summed E-state index contributed by atoms with van der Waals surface area (Å²) in [4.78, 5) is 9.55. The number of hydrogen-bond acceptors (Lipinski definition) is 5. The van der Waals surface area contributed by atoms with Crippen LogP contribution < -0.4 is 5.43 Å². The molecule has 1 fully saturated rings. The van der Waals surface area contributed by atoms with Gasteiger partial charge in [0.05, 0.1) is 0 Å². The van der Waals surface area contributed by atoms with Crippen LogP contribution in [0.3, 0.4) is 0 Å². The predicted molar refractivity (Wildman–Crippen MR) is 59.7 cm³/mol. The van der Waals surface area contributed by atoms with Crippen LogP contribution in [0.2, 0.25) is 0 Å². The summed E-state index contributed by atoms with van der Waals surface area (Å²) in [7, 11) is 0. The first-order valence-corrected chi connectivity index (χ1v) is 8.73. The minimum absolute atomic E-state index is 0.791. The molecule has 0 aromatic carbocycles. The Balaban J connectivity index is 2.38. The highest BCUT2D eigenvalue weighted by molar-refractivity contribution is 8.67. The highest BCUT2D eigenvalue weighted by Gasteiger charge is 2.18. The van der Waals surface area contributed by atoms with E-state index >= 15 is 0 Å². The fourth-order valence-electron chi connectivity index (χ4n) is 1.07. The molecule has 0 aromatic heterocycles. The first-order chi connectivity index (χ1) is 6.14. The maximum absolute atomic E-state index is 9.55. The summed E-state index contributed by atoms with van der Waals surface area (Å²) in [6.07, 6.45) is 5.18. The highest BCUT2D eigenvalue weighted by Crippen LogP contribution is 2.54. The average Bonchev–Trinajstić information content (AvgIpc) is 2.32. The number of nitrogens with one attached hydrogen (secondary N) is 1. The highest BCUT2D eigenvalue weighted by atomic mass is 32.9. The third-order valence-corrected chi connectivity index (χ3v) is 5.75. The van der Waals surface area contributed by atoms with E-state index in [9.17, 15) is 4.89 Å². The van der Waals surface area contributed by atoms with Crippen LogP contribution >= 0.6 is 17.1 Å². The maximum Gasteiger partial charge on any atom is 0.263 e. The van der Waals surface area contributed by atoms with Crippen LogP contribution in [0.25, 0.3) is 0 Å². The summed E-state index contributed by atoms with van der Waals surface area (Å²) >= 11 is 6.10. The van der Waals surface area contributed by atoms with Gasteiger partial charge in [-0.15, -0.1) is 5.17 Å². The average molecular weight is 242 g/mol. The van der Waals surface area contributed by atoms with Gasteiger partial charge in [-0.25, -0.2) is 10.1 Å². The fraction of sp³-hybridized carbons (Fsp3) is 1.00. The topological polar surface area (TPSA) is 44.7 Å². The maximum atomic E-state index is 9.55. The lowest BCUT2D eigenvalue weighted by atomic mass is 10.2. The number of hydrogen-bond donors (Lipinski definition) is 2. The monoisotopic (exact) mass is 242 g/mol. The largest absolute Gasteiger partial charge is 0.336 e. The van der Waals surface area contributed by atoms with Gasteiger partial charge in [-0.05, 0) is 30.9 Å². The number of hydrazine groups is 1. The smallest absolute Gasteiger partial charge is 0.263 e. The van der Waals surface area contributed by atoms with Gasteiger partial charge in [0, 0.05) is 13.1 Å². The molecule has 1 aliphatic rings.